The molecule has 0 bridgehead atoms. The van der Waals surface area contributed by atoms with E-state index in [2.05, 4.69) is 25.5 Å². The number of hydrogen-bond donors (Lipinski definition) is 2. The highest BCUT2D eigenvalue weighted by molar-refractivity contribution is 7.09. The Morgan fingerprint density at radius 2 is 2.50 bits per heavy atom. The molecule has 0 saturated heterocycles. The normalized spacial score (nSPS) is 10.9. The number of H-pyrrole nitrogens is 1. The van der Waals surface area contributed by atoms with Crippen LogP contribution in [0.15, 0.2) is 17.8 Å². The monoisotopic (exact) mass is 263 g/mol. The maximum atomic E-state index is 11.5. The highest BCUT2D eigenvalue weighted by Gasteiger charge is 1.99. The van der Waals surface area contributed by atoms with Crippen molar-refractivity contribution in [3.8, 4) is 0 Å². The average Bonchev–Trinajstić information content (AvgIpc) is 2.98. The fourth-order valence-corrected chi connectivity index (χ4v) is 1.91. The zero-order valence-corrected chi connectivity index (χ0v) is 10.7. The summed E-state index contributed by atoms with van der Waals surface area (Å²) in [6.45, 7) is 2.45. The van der Waals surface area contributed by atoms with Gasteiger partial charge in [-0.25, -0.2) is 9.97 Å². The number of nitrogens with one attached hydrogen (secondary N) is 2. The van der Waals surface area contributed by atoms with Crippen molar-refractivity contribution in [3.63, 3.8) is 0 Å². The number of aryl methyl sites for hydroxylation is 1. The lowest BCUT2D eigenvalue weighted by Gasteiger charge is -1.98. The van der Waals surface area contributed by atoms with E-state index in [1.165, 1.54) is 12.4 Å². The van der Waals surface area contributed by atoms with Gasteiger partial charge in [0.15, 0.2) is 0 Å². The van der Waals surface area contributed by atoms with Crippen molar-refractivity contribution in [1.29, 1.82) is 0 Å². The Bertz CT molecular complexity index is 531. The summed E-state index contributed by atoms with van der Waals surface area (Å²) in [7, 11) is 0. The number of rotatable bonds is 5. The molecular weight excluding hydrogens is 250 g/mol. The summed E-state index contributed by atoms with van der Waals surface area (Å²) in [6.07, 6.45) is 5.26. The molecule has 18 heavy (non-hydrogen) atoms. The van der Waals surface area contributed by atoms with Gasteiger partial charge in [0.2, 0.25) is 5.91 Å². The molecule has 0 saturated carbocycles. The summed E-state index contributed by atoms with van der Waals surface area (Å²) in [4.78, 5) is 19.7. The molecule has 2 N–H and O–H groups in total. The van der Waals surface area contributed by atoms with Crippen molar-refractivity contribution < 1.29 is 4.79 Å². The summed E-state index contributed by atoms with van der Waals surface area (Å²) >= 11 is 1.56. The number of nitrogens with zero attached hydrogens (tertiary/aromatic N) is 3. The van der Waals surface area contributed by atoms with Gasteiger partial charge >= 0.3 is 0 Å². The number of carbonyl (C=O) groups excluding carboxylic acids is 1. The Labute approximate surface area is 108 Å². The van der Waals surface area contributed by atoms with Crippen LogP contribution in [0.1, 0.15) is 16.5 Å². The SMILES string of the molecule is Cc1nc(C=CC(=O)NCCc2ncn[nH]2)cs1. The minimum absolute atomic E-state index is 0.139. The van der Waals surface area contributed by atoms with Gasteiger partial charge in [-0.05, 0) is 13.0 Å². The minimum atomic E-state index is -0.139. The van der Waals surface area contributed by atoms with Gasteiger partial charge in [-0.2, -0.15) is 5.10 Å². The van der Waals surface area contributed by atoms with Crippen LogP contribution < -0.4 is 5.32 Å². The molecular formula is C11H13N5OS. The lowest BCUT2D eigenvalue weighted by atomic mass is 10.3. The molecule has 2 heterocycles. The van der Waals surface area contributed by atoms with E-state index in [0.717, 1.165) is 16.5 Å². The van der Waals surface area contributed by atoms with Gasteiger partial charge in [-0.1, -0.05) is 0 Å². The molecule has 0 aliphatic heterocycles. The molecule has 0 aliphatic rings. The van der Waals surface area contributed by atoms with Gasteiger partial charge in [0.25, 0.3) is 0 Å². The second-order valence-corrected chi connectivity index (χ2v) is 4.66. The zero-order valence-electron chi connectivity index (χ0n) is 9.88. The van der Waals surface area contributed by atoms with Crippen LogP contribution in [-0.4, -0.2) is 32.6 Å². The standard InChI is InChI=1S/C11H13N5OS/c1-8-15-9(6-18-8)2-3-11(17)12-5-4-10-13-7-14-16-10/h2-3,6-7H,4-5H2,1H3,(H,12,17)(H,13,14,16). The molecule has 2 aromatic rings. The van der Waals surface area contributed by atoms with Crippen molar-refractivity contribution in [2.24, 2.45) is 0 Å². The van der Waals surface area contributed by atoms with Gasteiger partial charge in [-0.3, -0.25) is 9.89 Å². The fraction of sp³-hybridized carbons (Fsp3) is 0.273. The lowest BCUT2D eigenvalue weighted by Crippen LogP contribution is -2.23. The molecule has 0 radical (unpaired) electrons. The van der Waals surface area contributed by atoms with Crippen molar-refractivity contribution in [2.45, 2.75) is 13.3 Å². The third-order valence-electron chi connectivity index (χ3n) is 2.17. The molecule has 1 amide bonds. The van der Waals surface area contributed by atoms with Crippen LogP contribution in [0.25, 0.3) is 6.08 Å². The van der Waals surface area contributed by atoms with Gasteiger partial charge < -0.3 is 5.32 Å². The summed E-state index contributed by atoms with van der Waals surface area (Å²) in [5, 5.41) is 12.1. The number of aromatic nitrogens is 4. The number of hydrogen-bond acceptors (Lipinski definition) is 5. The molecule has 0 spiro atoms. The Kier molecular flexibility index (Phi) is 4.19. The smallest absolute Gasteiger partial charge is 0.244 e. The molecule has 0 aromatic carbocycles. The van der Waals surface area contributed by atoms with E-state index >= 15 is 0 Å². The fourth-order valence-electron chi connectivity index (χ4n) is 1.33. The number of aromatic amines is 1. The van der Waals surface area contributed by atoms with E-state index in [9.17, 15) is 4.79 Å². The van der Waals surface area contributed by atoms with E-state index in [4.69, 9.17) is 0 Å². The van der Waals surface area contributed by atoms with E-state index in [1.54, 1.807) is 17.4 Å². The molecule has 94 valence electrons. The van der Waals surface area contributed by atoms with Gasteiger partial charge in [0, 0.05) is 24.4 Å². The molecule has 2 rings (SSSR count). The first-order valence-corrected chi connectivity index (χ1v) is 6.34. The van der Waals surface area contributed by atoms with Crippen LogP contribution >= 0.6 is 11.3 Å². The second kappa shape index (κ2) is 6.06. The van der Waals surface area contributed by atoms with Crippen LogP contribution in [0.5, 0.6) is 0 Å². The van der Waals surface area contributed by atoms with E-state index in [-0.39, 0.29) is 5.91 Å². The molecule has 0 atom stereocenters. The number of amides is 1. The van der Waals surface area contributed by atoms with Gasteiger partial charge in [0.05, 0.1) is 10.7 Å². The predicted octanol–water partition coefficient (Wildman–Crippen LogP) is 0.942. The second-order valence-electron chi connectivity index (χ2n) is 3.60. The molecule has 6 nitrogen and oxygen atoms in total. The highest BCUT2D eigenvalue weighted by Crippen LogP contribution is 2.08. The van der Waals surface area contributed by atoms with Crippen LogP contribution in [0, 0.1) is 6.92 Å². The van der Waals surface area contributed by atoms with E-state index in [1.807, 2.05) is 12.3 Å². The molecule has 0 unspecified atom stereocenters. The van der Waals surface area contributed by atoms with Crippen molar-refractivity contribution in [2.75, 3.05) is 6.54 Å². The van der Waals surface area contributed by atoms with Crippen LogP contribution in [0.2, 0.25) is 0 Å². The summed E-state index contributed by atoms with van der Waals surface area (Å²) in [6, 6.07) is 0. The molecule has 7 heteroatoms. The highest BCUT2D eigenvalue weighted by atomic mass is 32.1. The lowest BCUT2D eigenvalue weighted by molar-refractivity contribution is -0.116. The van der Waals surface area contributed by atoms with E-state index < -0.39 is 0 Å². The Balaban J connectivity index is 1.73. The third kappa shape index (κ3) is 3.77. The first-order chi connectivity index (χ1) is 8.74. The minimum Gasteiger partial charge on any atom is -0.352 e. The summed E-state index contributed by atoms with van der Waals surface area (Å²) in [5.74, 6) is 0.620. The van der Waals surface area contributed by atoms with Crippen molar-refractivity contribution in [1.82, 2.24) is 25.5 Å². The van der Waals surface area contributed by atoms with E-state index in [0.29, 0.717) is 13.0 Å². The van der Waals surface area contributed by atoms with Crippen molar-refractivity contribution in [3.05, 3.63) is 34.3 Å². The van der Waals surface area contributed by atoms with Crippen LogP contribution in [0.3, 0.4) is 0 Å². The van der Waals surface area contributed by atoms with Crippen LogP contribution in [0.4, 0.5) is 0 Å². The predicted molar refractivity (Wildman–Crippen MR) is 69.0 cm³/mol. The Morgan fingerprint density at radius 3 is 3.17 bits per heavy atom. The van der Waals surface area contributed by atoms with Gasteiger partial charge in [0.1, 0.15) is 12.2 Å². The van der Waals surface area contributed by atoms with Gasteiger partial charge in [-0.15, -0.1) is 11.3 Å². The average molecular weight is 263 g/mol. The molecule has 0 fully saturated rings. The maximum Gasteiger partial charge on any atom is 0.244 e. The Morgan fingerprint density at radius 1 is 1.61 bits per heavy atom. The quantitative estimate of drug-likeness (QED) is 0.786. The Hall–Kier alpha value is -2.02. The first kappa shape index (κ1) is 12.4. The molecule has 0 aliphatic carbocycles. The third-order valence-corrected chi connectivity index (χ3v) is 2.96. The van der Waals surface area contributed by atoms with Crippen molar-refractivity contribution >= 4 is 23.3 Å². The summed E-state index contributed by atoms with van der Waals surface area (Å²) in [5.41, 5.74) is 0.808. The summed E-state index contributed by atoms with van der Waals surface area (Å²) < 4.78 is 0. The maximum absolute atomic E-state index is 11.5. The largest absolute Gasteiger partial charge is 0.352 e. The first-order valence-electron chi connectivity index (χ1n) is 5.46. The number of carbonyl (C=O) groups is 1. The number of thiazole rings is 1. The zero-order chi connectivity index (χ0) is 12.8. The topological polar surface area (TPSA) is 83.6 Å². The van der Waals surface area contributed by atoms with Crippen LogP contribution in [-0.2, 0) is 11.2 Å². The molecule has 2 aromatic heterocycles.